The van der Waals surface area contributed by atoms with Gasteiger partial charge in [0.25, 0.3) is 0 Å². The lowest BCUT2D eigenvalue weighted by atomic mass is 9.97. The summed E-state index contributed by atoms with van der Waals surface area (Å²) in [6, 6.07) is 6.64. The summed E-state index contributed by atoms with van der Waals surface area (Å²) in [6.07, 6.45) is 4.92. The van der Waals surface area contributed by atoms with E-state index in [0.29, 0.717) is 6.10 Å². The second kappa shape index (κ2) is 5.54. The van der Waals surface area contributed by atoms with Gasteiger partial charge in [0.2, 0.25) is 0 Å². The molecule has 1 aromatic rings. The Morgan fingerprint density at radius 1 is 1.41 bits per heavy atom. The quantitative estimate of drug-likeness (QED) is 0.848. The molecule has 1 heterocycles. The molecule has 2 N–H and O–H groups in total. The highest BCUT2D eigenvalue weighted by Gasteiger charge is 2.18. The highest BCUT2D eigenvalue weighted by atomic mass is 16.5. The summed E-state index contributed by atoms with van der Waals surface area (Å²) < 4.78 is 5.71. The maximum atomic E-state index is 5.71. The average molecular weight is 233 g/mol. The van der Waals surface area contributed by atoms with Gasteiger partial charge >= 0.3 is 0 Å². The summed E-state index contributed by atoms with van der Waals surface area (Å²) in [5, 5.41) is 0. The van der Waals surface area contributed by atoms with Crippen molar-refractivity contribution >= 4 is 0 Å². The smallest absolute Gasteiger partial charge is 0.123 e. The van der Waals surface area contributed by atoms with Crippen LogP contribution < -0.4 is 10.5 Å². The summed E-state index contributed by atoms with van der Waals surface area (Å²) in [5.74, 6) is 1.81. The predicted molar refractivity (Wildman–Crippen MR) is 71.4 cm³/mol. The van der Waals surface area contributed by atoms with E-state index in [0.717, 1.165) is 37.5 Å². The molecule has 0 saturated heterocycles. The lowest BCUT2D eigenvalue weighted by Gasteiger charge is -2.10. The molecule has 0 spiro atoms. The molecule has 0 bridgehead atoms. The molecule has 2 nitrogen and oxygen atoms in total. The van der Waals surface area contributed by atoms with Crippen LogP contribution in [0.15, 0.2) is 18.2 Å². The largest absolute Gasteiger partial charge is 0.490 e. The summed E-state index contributed by atoms with van der Waals surface area (Å²) in [7, 11) is 0. The maximum absolute atomic E-state index is 5.71. The first kappa shape index (κ1) is 12.4. The highest BCUT2D eigenvalue weighted by Crippen LogP contribution is 2.29. The van der Waals surface area contributed by atoms with Crippen molar-refractivity contribution in [1.29, 1.82) is 0 Å². The number of fused-ring (bicyclic) bond motifs is 1. The molecule has 0 aromatic heterocycles. The van der Waals surface area contributed by atoms with E-state index in [1.165, 1.54) is 17.5 Å². The zero-order valence-corrected chi connectivity index (χ0v) is 10.9. The van der Waals surface area contributed by atoms with Gasteiger partial charge in [-0.3, -0.25) is 0 Å². The topological polar surface area (TPSA) is 35.2 Å². The molecule has 0 radical (unpaired) electrons. The van der Waals surface area contributed by atoms with Gasteiger partial charge in [0.1, 0.15) is 11.9 Å². The normalized spacial score (nSPS) is 19.8. The van der Waals surface area contributed by atoms with Gasteiger partial charge in [0.15, 0.2) is 0 Å². The molecular weight excluding hydrogens is 210 g/mol. The van der Waals surface area contributed by atoms with Gasteiger partial charge in [0, 0.05) is 6.42 Å². The SMILES string of the molecule is CC(CCN)CCc1ccc2c(c1)CC(C)O2. The van der Waals surface area contributed by atoms with Crippen molar-refractivity contribution in [3.63, 3.8) is 0 Å². The Hall–Kier alpha value is -1.02. The zero-order chi connectivity index (χ0) is 12.3. The van der Waals surface area contributed by atoms with Crippen LogP contribution in [-0.4, -0.2) is 12.6 Å². The molecule has 0 fully saturated rings. The van der Waals surface area contributed by atoms with Crippen molar-refractivity contribution in [2.45, 2.75) is 45.6 Å². The van der Waals surface area contributed by atoms with Crippen molar-refractivity contribution in [3.05, 3.63) is 29.3 Å². The lowest BCUT2D eigenvalue weighted by molar-refractivity contribution is 0.254. The minimum atomic E-state index is 0.344. The molecule has 2 atom stereocenters. The van der Waals surface area contributed by atoms with E-state index in [4.69, 9.17) is 10.5 Å². The second-order valence-corrected chi connectivity index (χ2v) is 5.30. The molecule has 2 rings (SSSR count). The van der Waals surface area contributed by atoms with Crippen molar-refractivity contribution in [1.82, 2.24) is 0 Å². The van der Waals surface area contributed by atoms with Crippen LogP contribution in [0.1, 0.15) is 37.8 Å². The van der Waals surface area contributed by atoms with Crippen molar-refractivity contribution in [2.24, 2.45) is 11.7 Å². The zero-order valence-electron chi connectivity index (χ0n) is 10.9. The van der Waals surface area contributed by atoms with Gasteiger partial charge in [-0.05, 0) is 55.8 Å². The van der Waals surface area contributed by atoms with Crippen LogP contribution in [0.4, 0.5) is 0 Å². The van der Waals surface area contributed by atoms with E-state index < -0.39 is 0 Å². The Labute approximate surface area is 104 Å². The van der Waals surface area contributed by atoms with Crippen LogP contribution in [0.5, 0.6) is 5.75 Å². The molecule has 17 heavy (non-hydrogen) atoms. The Kier molecular flexibility index (Phi) is 4.06. The van der Waals surface area contributed by atoms with Crippen LogP contribution in [0, 0.1) is 5.92 Å². The van der Waals surface area contributed by atoms with Crippen LogP contribution in [0.2, 0.25) is 0 Å². The van der Waals surface area contributed by atoms with Gasteiger partial charge in [0.05, 0.1) is 0 Å². The average Bonchev–Trinajstić information content (AvgIpc) is 2.66. The first-order chi connectivity index (χ1) is 8.19. The third-order valence-electron chi connectivity index (χ3n) is 3.55. The third kappa shape index (κ3) is 3.22. The second-order valence-electron chi connectivity index (χ2n) is 5.30. The van der Waals surface area contributed by atoms with E-state index in [1.807, 2.05) is 0 Å². The molecule has 2 heteroatoms. The Morgan fingerprint density at radius 3 is 3.00 bits per heavy atom. The molecule has 1 aromatic carbocycles. The third-order valence-corrected chi connectivity index (χ3v) is 3.55. The van der Waals surface area contributed by atoms with E-state index in [2.05, 4.69) is 32.0 Å². The fourth-order valence-corrected chi connectivity index (χ4v) is 2.47. The van der Waals surface area contributed by atoms with Gasteiger partial charge < -0.3 is 10.5 Å². The first-order valence-corrected chi connectivity index (χ1v) is 6.67. The minimum absolute atomic E-state index is 0.344. The lowest BCUT2D eigenvalue weighted by Crippen LogP contribution is -2.06. The van der Waals surface area contributed by atoms with Crippen LogP contribution >= 0.6 is 0 Å². The molecule has 2 unspecified atom stereocenters. The van der Waals surface area contributed by atoms with Crippen LogP contribution in [0.3, 0.4) is 0 Å². The van der Waals surface area contributed by atoms with E-state index in [1.54, 1.807) is 0 Å². The summed E-state index contributed by atoms with van der Waals surface area (Å²) in [5.41, 5.74) is 8.38. The van der Waals surface area contributed by atoms with E-state index in [-0.39, 0.29) is 0 Å². The van der Waals surface area contributed by atoms with Gasteiger partial charge in [-0.15, -0.1) is 0 Å². The minimum Gasteiger partial charge on any atom is -0.490 e. The molecule has 0 amide bonds. The monoisotopic (exact) mass is 233 g/mol. The number of hydrogen-bond acceptors (Lipinski definition) is 2. The number of ether oxygens (including phenoxy) is 1. The highest BCUT2D eigenvalue weighted by molar-refractivity contribution is 5.40. The first-order valence-electron chi connectivity index (χ1n) is 6.67. The number of aryl methyl sites for hydroxylation is 1. The number of rotatable bonds is 5. The fourth-order valence-electron chi connectivity index (χ4n) is 2.47. The predicted octanol–water partition coefficient (Wildman–Crippen LogP) is 2.93. The summed E-state index contributed by atoms with van der Waals surface area (Å²) >= 11 is 0. The Morgan fingerprint density at radius 2 is 2.24 bits per heavy atom. The van der Waals surface area contributed by atoms with Crippen molar-refractivity contribution < 1.29 is 4.74 Å². The van der Waals surface area contributed by atoms with Crippen LogP contribution in [0.25, 0.3) is 0 Å². The summed E-state index contributed by atoms with van der Waals surface area (Å²) in [4.78, 5) is 0. The van der Waals surface area contributed by atoms with Gasteiger partial charge in [-0.25, -0.2) is 0 Å². The molecular formula is C15H23NO. The molecule has 94 valence electrons. The van der Waals surface area contributed by atoms with Crippen molar-refractivity contribution in [3.8, 4) is 5.75 Å². The number of nitrogens with two attached hydrogens (primary N) is 1. The van der Waals surface area contributed by atoms with Gasteiger partial charge in [-0.1, -0.05) is 19.1 Å². The summed E-state index contributed by atoms with van der Waals surface area (Å²) in [6.45, 7) is 5.21. The molecule has 0 saturated carbocycles. The van der Waals surface area contributed by atoms with E-state index in [9.17, 15) is 0 Å². The molecule has 0 aliphatic carbocycles. The standard InChI is InChI=1S/C15H23NO/c1-11(7-8-16)3-4-13-5-6-15-14(10-13)9-12(2)17-15/h5-6,10-12H,3-4,7-9,16H2,1-2H3. The Balaban J connectivity index is 1.92. The van der Waals surface area contributed by atoms with Crippen molar-refractivity contribution in [2.75, 3.05) is 6.54 Å². The fraction of sp³-hybridized carbons (Fsp3) is 0.600. The van der Waals surface area contributed by atoms with E-state index >= 15 is 0 Å². The van der Waals surface area contributed by atoms with Gasteiger partial charge in [-0.2, -0.15) is 0 Å². The number of benzene rings is 1. The number of hydrogen-bond donors (Lipinski definition) is 1. The maximum Gasteiger partial charge on any atom is 0.123 e. The molecule has 1 aliphatic rings. The Bertz CT molecular complexity index is 375. The van der Waals surface area contributed by atoms with Crippen LogP contribution in [-0.2, 0) is 12.8 Å². The molecule has 1 aliphatic heterocycles.